The van der Waals surface area contributed by atoms with Gasteiger partial charge in [0.2, 0.25) is 5.91 Å². The zero-order chi connectivity index (χ0) is 23.3. The number of hydrogen-bond acceptors (Lipinski definition) is 6. The third-order valence-corrected chi connectivity index (χ3v) is 6.30. The lowest BCUT2D eigenvalue weighted by Gasteiger charge is -2.14. The van der Waals surface area contributed by atoms with Crippen molar-refractivity contribution in [2.75, 3.05) is 25.6 Å². The Morgan fingerprint density at radius 2 is 2.00 bits per heavy atom. The zero-order valence-corrected chi connectivity index (χ0v) is 20.9. The van der Waals surface area contributed by atoms with E-state index in [0.717, 1.165) is 32.2 Å². The first-order valence-electron chi connectivity index (χ1n) is 9.95. The number of carbonyl (C=O) groups excluding carboxylic acids is 3. The molecule has 1 aliphatic heterocycles. The molecule has 0 spiro atoms. The predicted molar refractivity (Wildman–Crippen MR) is 134 cm³/mol. The van der Waals surface area contributed by atoms with Crippen LogP contribution in [0.3, 0.4) is 0 Å². The highest BCUT2D eigenvalue weighted by atomic mass is 127. The van der Waals surface area contributed by atoms with Gasteiger partial charge in [-0.25, -0.2) is 0 Å². The number of para-hydroxylation sites is 1. The second-order valence-corrected chi connectivity index (χ2v) is 9.17. The summed E-state index contributed by atoms with van der Waals surface area (Å²) in [6.07, 6.45) is 2.49. The molecule has 1 aliphatic rings. The SMILES string of the molecule is CCCOc1c(I)cc(/C=C2\SC(=O)N(CC(=O)Nc3ccccc3C)C2=O)cc1OC. The molecule has 0 atom stereocenters. The molecule has 1 heterocycles. The molecule has 0 aromatic heterocycles. The van der Waals surface area contributed by atoms with E-state index < -0.39 is 17.1 Å². The summed E-state index contributed by atoms with van der Waals surface area (Å²) in [5.41, 5.74) is 2.24. The van der Waals surface area contributed by atoms with E-state index in [1.165, 1.54) is 0 Å². The van der Waals surface area contributed by atoms with E-state index in [4.69, 9.17) is 9.47 Å². The van der Waals surface area contributed by atoms with Gasteiger partial charge in [0.15, 0.2) is 11.5 Å². The minimum Gasteiger partial charge on any atom is -0.493 e. The molecule has 1 saturated heterocycles. The second kappa shape index (κ2) is 10.9. The Balaban J connectivity index is 1.76. The maximum absolute atomic E-state index is 12.8. The number of carbonyl (C=O) groups is 3. The summed E-state index contributed by atoms with van der Waals surface area (Å²) >= 11 is 2.96. The molecule has 0 aliphatic carbocycles. The van der Waals surface area contributed by atoms with Crippen LogP contribution < -0.4 is 14.8 Å². The van der Waals surface area contributed by atoms with Gasteiger partial charge in [-0.3, -0.25) is 19.3 Å². The first-order chi connectivity index (χ1) is 15.3. The number of rotatable bonds is 8. The van der Waals surface area contributed by atoms with Gasteiger partial charge in [-0.2, -0.15) is 0 Å². The van der Waals surface area contributed by atoms with Crippen LogP contribution in [-0.4, -0.2) is 42.2 Å². The van der Waals surface area contributed by atoms with Crippen molar-refractivity contribution in [3.8, 4) is 11.5 Å². The van der Waals surface area contributed by atoms with Gasteiger partial charge in [0, 0.05) is 5.69 Å². The summed E-state index contributed by atoms with van der Waals surface area (Å²) < 4.78 is 12.0. The average Bonchev–Trinajstić information content (AvgIpc) is 3.01. The molecular formula is C23H23IN2O5S. The normalized spacial score (nSPS) is 14.8. The van der Waals surface area contributed by atoms with E-state index in [9.17, 15) is 14.4 Å². The number of thioether (sulfide) groups is 1. The van der Waals surface area contributed by atoms with Crippen LogP contribution in [-0.2, 0) is 9.59 Å². The fraction of sp³-hybridized carbons (Fsp3) is 0.261. The first kappa shape index (κ1) is 24.1. The second-order valence-electron chi connectivity index (χ2n) is 7.01. The molecule has 9 heteroatoms. The van der Waals surface area contributed by atoms with Gasteiger partial charge in [0.05, 0.1) is 22.2 Å². The minimum absolute atomic E-state index is 0.249. The lowest BCUT2D eigenvalue weighted by molar-refractivity contribution is -0.127. The lowest BCUT2D eigenvalue weighted by Crippen LogP contribution is -2.36. The van der Waals surface area contributed by atoms with E-state index in [0.29, 0.717) is 29.4 Å². The van der Waals surface area contributed by atoms with Crippen molar-refractivity contribution in [2.45, 2.75) is 20.3 Å². The van der Waals surface area contributed by atoms with Crippen LogP contribution in [0.1, 0.15) is 24.5 Å². The Hall–Kier alpha value is -2.53. The smallest absolute Gasteiger partial charge is 0.294 e. The van der Waals surface area contributed by atoms with E-state index in [1.807, 2.05) is 32.0 Å². The molecule has 0 saturated carbocycles. The van der Waals surface area contributed by atoms with Crippen molar-refractivity contribution in [1.82, 2.24) is 4.90 Å². The van der Waals surface area contributed by atoms with Crippen molar-refractivity contribution in [2.24, 2.45) is 0 Å². The number of aryl methyl sites for hydroxylation is 1. The van der Waals surface area contributed by atoms with Gasteiger partial charge in [0.1, 0.15) is 6.54 Å². The molecule has 1 N–H and O–H groups in total. The fourth-order valence-corrected chi connectivity index (χ4v) is 4.62. The Morgan fingerprint density at radius 1 is 1.25 bits per heavy atom. The number of halogens is 1. The summed E-state index contributed by atoms with van der Waals surface area (Å²) in [4.78, 5) is 38.8. The number of benzene rings is 2. The summed E-state index contributed by atoms with van der Waals surface area (Å²) in [5, 5.41) is 2.26. The number of nitrogens with one attached hydrogen (secondary N) is 1. The Bertz CT molecular complexity index is 1090. The molecule has 3 amide bonds. The fourth-order valence-electron chi connectivity index (χ4n) is 3.00. The Morgan fingerprint density at radius 3 is 2.69 bits per heavy atom. The Labute approximate surface area is 204 Å². The maximum Gasteiger partial charge on any atom is 0.294 e. The predicted octanol–water partition coefficient (Wildman–Crippen LogP) is 5.07. The summed E-state index contributed by atoms with van der Waals surface area (Å²) in [6, 6.07) is 10.9. The molecule has 168 valence electrons. The number of ether oxygens (including phenoxy) is 2. The van der Waals surface area contributed by atoms with Crippen LogP contribution in [0.2, 0.25) is 0 Å². The summed E-state index contributed by atoms with van der Waals surface area (Å²) in [5.74, 6) is 0.262. The van der Waals surface area contributed by atoms with Crippen molar-refractivity contribution >= 4 is 63.2 Å². The highest BCUT2D eigenvalue weighted by Gasteiger charge is 2.36. The van der Waals surface area contributed by atoms with Crippen LogP contribution in [0, 0.1) is 10.5 Å². The van der Waals surface area contributed by atoms with Gasteiger partial charge in [-0.1, -0.05) is 25.1 Å². The molecule has 1 fully saturated rings. The number of hydrogen-bond donors (Lipinski definition) is 1. The van der Waals surface area contributed by atoms with Gasteiger partial charge >= 0.3 is 0 Å². The molecule has 32 heavy (non-hydrogen) atoms. The number of amides is 3. The van der Waals surface area contributed by atoms with Gasteiger partial charge in [-0.15, -0.1) is 0 Å². The van der Waals surface area contributed by atoms with Gasteiger partial charge in [0.25, 0.3) is 11.1 Å². The van der Waals surface area contributed by atoms with Crippen LogP contribution >= 0.6 is 34.4 Å². The third kappa shape index (κ3) is 5.63. The van der Waals surface area contributed by atoms with Gasteiger partial charge in [-0.05, 0) is 83.1 Å². The molecule has 0 radical (unpaired) electrons. The highest BCUT2D eigenvalue weighted by Crippen LogP contribution is 2.37. The molecule has 0 bridgehead atoms. The standard InChI is InChI=1S/C23H23IN2O5S/c1-4-9-31-21-16(24)10-15(11-18(21)30-3)12-19-22(28)26(23(29)32-19)13-20(27)25-17-8-6-5-7-14(17)2/h5-8,10-12H,4,9,13H2,1-3H3,(H,25,27)/b19-12-. The Kier molecular flexibility index (Phi) is 8.19. The van der Waals surface area contributed by atoms with Crippen LogP contribution in [0.15, 0.2) is 41.3 Å². The van der Waals surface area contributed by atoms with E-state index in [1.54, 1.807) is 31.4 Å². The van der Waals surface area contributed by atoms with Crippen molar-refractivity contribution in [1.29, 1.82) is 0 Å². The van der Waals surface area contributed by atoms with E-state index >= 15 is 0 Å². The topological polar surface area (TPSA) is 84.9 Å². The van der Waals surface area contributed by atoms with E-state index in [2.05, 4.69) is 27.9 Å². The minimum atomic E-state index is -0.500. The average molecular weight is 566 g/mol. The largest absolute Gasteiger partial charge is 0.493 e. The maximum atomic E-state index is 12.8. The third-order valence-electron chi connectivity index (χ3n) is 4.59. The van der Waals surface area contributed by atoms with Crippen molar-refractivity contribution < 1.29 is 23.9 Å². The number of anilines is 1. The van der Waals surface area contributed by atoms with Crippen molar-refractivity contribution in [3.05, 3.63) is 56.0 Å². The molecular weight excluding hydrogens is 543 g/mol. The summed E-state index contributed by atoms with van der Waals surface area (Å²) in [6.45, 7) is 4.11. The molecule has 3 rings (SSSR count). The van der Waals surface area contributed by atoms with Crippen molar-refractivity contribution in [3.63, 3.8) is 0 Å². The summed E-state index contributed by atoms with van der Waals surface area (Å²) in [7, 11) is 1.55. The van der Waals surface area contributed by atoms with Crippen LogP contribution in [0.25, 0.3) is 6.08 Å². The van der Waals surface area contributed by atoms with Crippen LogP contribution in [0.5, 0.6) is 11.5 Å². The number of imide groups is 1. The highest BCUT2D eigenvalue weighted by molar-refractivity contribution is 14.1. The molecule has 0 unspecified atom stereocenters. The molecule has 2 aromatic carbocycles. The van der Waals surface area contributed by atoms with E-state index in [-0.39, 0.29) is 11.4 Å². The monoisotopic (exact) mass is 566 g/mol. The molecule has 2 aromatic rings. The molecule has 7 nitrogen and oxygen atoms in total. The lowest BCUT2D eigenvalue weighted by atomic mass is 10.2. The quantitative estimate of drug-likeness (QED) is 0.355. The first-order valence-corrected chi connectivity index (χ1v) is 11.8. The number of nitrogens with zero attached hydrogens (tertiary/aromatic N) is 1. The zero-order valence-electron chi connectivity index (χ0n) is 17.9. The number of methoxy groups -OCH3 is 1. The van der Waals surface area contributed by atoms with Gasteiger partial charge < -0.3 is 14.8 Å². The van der Waals surface area contributed by atoms with Crippen LogP contribution in [0.4, 0.5) is 10.5 Å².